The molecule has 0 spiro atoms. The number of carbonyl (C=O) groups excluding carboxylic acids is 1. The number of nitrogens with one attached hydrogen (secondary N) is 1. The highest BCUT2D eigenvalue weighted by atomic mass is 16.1. The van der Waals surface area contributed by atoms with Gasteiger partial charge in [-0.25, -0.2) is 0 Å². The van der Waals surface area contributed by atoms with Crippen molar-refractivity contribution in [2.24, 2.45) is 5.92 Å². The van der Waals surface area contributed by atoms with E-state index in [0.717, 1.165) is 51.0 Å². The zero-order chi connectivity index (χ0) is 17.6. The number of hydrogen-bond donors (Lipinski definition) is 1. The third-order valence-electron chi connectivity index (χ3n) is 5.27. The summed E-state index contributed by atoms with van der Waals surface area (Å²) in [6, 6.07) is 8.84. The lowest BCUT2D eigenvalue weighted by Crippen LogP contribution is -2.39. The highest BCUT2D eigenvalue weighted by Crippen LogP contribution is 2.21. The quantitative estimate of drug-likeness (QED) is 0.787. The molecule has 0 bridgehead atoms. The number of carbonyl (C=O) groups is 1. The molecule has 0 radical (unpaired) electrons. The Morgan fingerprint density at radius 2 is 2.04 bits per heavy atom. The van der Waals surface area contributed by atoms with E-state index < -0.39 is 0 Å². The fourth-order valence-electron chi connectivity index (χ4n) is 3.67. The van der Waals surface area contributed by atoms with Gasteiger partial charge in [0.25, 0.3) is 0 Å². The monoisotopic (exact) mass is 342 g/mol. The first-order valence-electron chi connectivity index (χ1n) is 9.55. The van der Waals surface area contributed by atoms with E-state index in [1.54, 1.807) is 0 Å². The second-order valence-electron chi connectivity index (χ2n) is 7.41. The molecule has 136 valence electrons. The van der Waals surface area contributed by atoms with Gasteiger partial charge in [-0.15, -0.1) is 0 Å². The molecule has 0 saturated carbocycles. The highest BCUT2D eigenvalue weighted by molar-refractivity contribution is 5.78. The van der Waals surface area contributed by atoms with Gasteiger partial charge in [0, 0.05) is 30.9 Å². The number of aromatic nitrogens is 2. The molecule has 1 N–H and O–H groups in total. The number of piperidine rings is 1. The van der Waals surface area contributed by atoms with Gasteiger partial charge in [0.2, 0.25) is 5.91 Å². The number of amides is 1. The van der Waals surface area contributed by atoms with Crippen molar-refractivity contribution in [3.8, 4) is 0 Å². The third-order valence-corrected chi connectivity index (χ3v) is 5.27. The van der Waals surface area contributed by atoms with Gasteiger partial charge in [0.1, 0.15) is 0 Å². The molecular formula is C20H30N4O. The number of benzene rings is 1. The van der Waals surface area contributed by atoms with Crippen molar-refractivity contribution >= 4 is 16.8 Å². The molecule has 0 aliphatic carbocycles. The van der Waals surface area contributed by atoms with Crippen LogP contribution < -0.4 is 5.32 Å². The van der Waals surface area contributed by atoms with Crippen molar-refractivity contribution in [1.82, 2.24) is 20.0 Å². The lowest BCUT2D eigenvalue weighted by Gasteiger charge is -2.34. The smallest absolute Gasteiger partial charge is 0.220 e. The summed E-state index contributed by atoms with van der Waals surface area (Å²) in [4.78, 5) is 14.7. The van der Waals surface area contributed by atoms with Gasteiger partial charge < -0.3 is 10.2 Å². The van der Waals surface area contributed by atoms with Crippen LogP contribution in [0.1, 0.15) is 39.5 Å². The van der Waals surface area contributed by atoms with E-state index in [0.29, 0.717) is 18.4 Å². The maximum Gasteiger partial charge on any atom is 0.220 e. The fourth-order valence-corrected chi connectivity index (χ4v) is 3.67. The molecular weight excluding hydrogens is 312 g/mol. The molecule has 2 aromatic rings. The summed E-state index contributed by atoms with van der Waals surface area (Å²) in [6.07, 6.45) is 5.77. The molecule has 1 saturated heterocycles. The summed E-state index contributed by atoms with van der Waals surface area (Å²) in [5.74, 6) is 0.748. The average Bonchev–Trinajstić information content (AvgIpc) is 3.02. The van der Waals surface area contributed by atoms with E-state index in [1.807, 2.05) is 23.0 Å². The van der Waals surface area contributed by atoms with E-state index in [1.165, 1.54) is 5.39 Å². The molecule has 1 fully saturated rings. The molecule has 0 unspecified atom stereocenters. The zero-order valence-corrected chi connectivity index (χ0v) is 15.4. The molecule has 0 atom stereocenters. The fraction of sp³-hybridized carbons (Fsp3) is 0.600. The molecule has 25 heavy (non-hydrogen) atoms. The maximum atomic E-state index is 12.2. The van der Waals surface area contributed by atoms with Crippen LogP contribution in [0.2, 0.25) is 0 Å². The van der Waals surface area contributed by atoms with Gasteiger partial charge in [-0.2, -0.15) is 5.10 Å². The largest absolute Gasteiger partial charge is 0.356 e. The van der Waals surface area contributed by atoms with E-state index in [-0.39, 0.29) is 5.91 Å². The van der Waals surface area contributed by atoms with Gasteiger partial charge >= 0.3 is 0 Å². The highest BCUT2D eigenvalue weighted by Gasteiger charge is 2.22. The molecule has 1 aromatic heterocycles. The van der Waals surface area contributed by atoms with Crippen molar-refractivity contribution in [2.45, 2.75) is 52.1 Å². The van der Waals surface area contributed by atoms with Crippen LogP contribution in [0, 0.1) is 5.92 Å². The number of nitrogens with zero attached hydrogens (tertiary/aromatic N) is 3. The Morgan fingerprint density at radius 3 is 2.80 bits per heavy atom. The van der Waals surface area contributed by atoms with Gasteiger partial charge in [0.15, 0.2) is 0 Å². The Labute approximate surface area is 150 Å². The van der Waals surface area contributed by atoms with Crippen LogP contribution in [0.15, 0.2) is 30.5 Å². The van der Waals surface area contributed by atoms with Crippen LogP contribution in [0.5, 0.6) is 0 Å². The molecule has 5 nitrogen and oxygen atoms in total. The van der Waals surface area contributed by atoms with Crippen molar-refractivity contribution in [2.75, 3.05) is 19.6 Å². The normalized spacial score (nSPS) is 16.6. The third kappa shape index (κ3) is 4.82. The predicted molar refractivity (Wildman–Crippen MR) is 101 cm³/mol. The van der Waals surface area contributed by atoms with Gasteiger partial charge in [-0.3, -0.25) is 9.48 Å². The Hall–Kier alpha value is -1.88. The van der Waals surface area contributed by atoms with Crippen molar-refractivity contribution < 1.29 is 4.79 Å². The number of fused-ring (bicyclic) bond motifs is 1. The zero-order valence-electron chi connectivity index (χ0n) is 15.4. The minimum Gasteiger partial charge on any atom is -0.356 e. The first-order valence-corrected chi connectivity index (χ1v) is 9.55. The minimum atomic E-state index is 0.202. The Morgan fingerprint density at radius 1 is 1.28 bits per heavy atom. The van der Waals surface area contributed by atoms with E-state index >= 15 is 0 Å². The summed E-state index contributed by atoms with van der Waals surface area (Å²) < 4.78 is 2.02. The van der Waals surface area contributed by atoms with Gasteiger partial charge in [0.05, 0.1) is 11.7 Å². The van der Waals surface area contributed by atoms with Crippen LogP contribution in [0.4, 0.5) is 0 Å². The molecule has 3 rings (SSSR count). The molecule has 1 aliphatic rings. The molecule has 2 heterocycles. The SMILES string of the molecule is CC(C)N1CCC(CC(=O)NCCCn2ncc3ccccc32)CC1. The first kappa shape index (κ1) is 17.9. The standard InChI is InChI=1S/C20H30N4O/c1-16(2)23-12-8-17(9-13-23)14-20(25)21-10-5-11-24-19-7-4-3-6-18(19)15-22-24/h3-4,6-7,15-17H,5,8-14H2,1-2H3,(H,21,25). The summed E-state index contributed by atoms with van der Waals surface area (Å²) >= 11 is 0. The number of aryl methyl sites for hydroxylation is 1. The number of rotatable bonds is 7. The van der Waals surface area contributed by atoms with Crippen LogP contribution in [-0.4, -0.2) is 46.3 Å². The number of likely N-dealkylation sites (tertiary alicyclic amines) is 1. The van der Waals surface area contributed by atoms with Crippen LogP contribution in [0.25, 0.3) is 10.9 Å². The number of hydrogen-bond acceptors (Lipinski definition) is 3. The molecule has 1 aliphatic heterocycles. The second kappa shape index (κ2) is 8.48. The first-order chi connectivity index (χ1) is 12.1. The minimum absolute atomic E-state index is 0.202. The van der Waals surface area contributed by atoms with Gasteiger partial charge in [-0.1, -0.05) is 18.2 Å². The average molecular weight is 342 g/mol. The molecule has 5 heteroatoms. The lowest BCUT2D eigenvalue weighted by atomic mass is 9.92. The Kier molecular flexibility index (Phi) is 6.08. The molecule has 1 aromatic carbocycles. The maximum absolute atomic E-state index is 12.2. The van der Waals surface area contributed by atoms with Crippen LogP contribution in [-0.2, 0) is 11.3 Å². The second-order valence-corrected chi connectivity index (χ2v) is 7.41. The van der Waals surface area contributed by atoms with Crippen molar-refractivity contribution in [3.05, 3.63) is 30.5 Å². The van der Waals surface area contributed by atoms with Crippen LogP contribution >= 0.6 is 0 Å². The van der Waals surface area contributed by atoms with E-state index in [2.05, 4.69) is 41.3 Å². The van der Waals surface area contributed by atoms with Gasteiger partial charge in [-0.05, 0) is 58.2 Å². The van der Waals surface area contributed by atoms with E-state index in [9.17, 15) is 4.79 Å². The Balaban J connectivity index is 1.34. The van der Waals surface area contributed by atoms with Crippen LogP contribution in [0.3, 0.4) is 0 Å². The topological polar surface area (TPSA) is 50.2 Å². The summed E-state index contributed by atoms with van der Waals surface area (Å²) in [7, 11) is 0. The lowest BCUT2D eigenvalue weighted by molar-refractivity contribution is -0.122. The van der Waals surface area contributed by atoms with E-state index in [4.69, 9.17) is 0 Å². The summed E-state index contributed by atoms with van der Waals surface area (Å²) in [5.41, 5.74) is 1.16. The number of para-hydroxylation sites is 1. The summed E-state index contributed by atoms with van der Waals surface area (Å²) in [6.45, 7) is 8.30. The Bertz CT molecular complexity index is 686. The molecule has 1 amide bonds. The predicted octanol–water partition coefficient (Wildman–Crippen LogP) is 3.05. The van der Waals surface area contributed by atoms with Crippen molar-refractivity contribution in [1.29, 1.82) is 0 Å². The van der Waals surface area contributed by atoms with Crippen molar-refractivity contribution in [3.63, 3.8) is 0 Å². The summed E-state index contributed by atoms with van der Waals surface area (Å²) in [5, 5.41) is 8.67.